The Morgan fingerprint density at radius 3 is 2.66 bits per heavy atom. The summed E-state index contributed by atoms with van der Waals surface area (Å²) in [5, 5.41) is 16.3. The maximum absolute atomic E-state index is 12.7. The number of nitro benzene ring substituents is 1. The van der Waals surface area contributed by atoms with E-state index in [1.165, 1.54) is 25.3 Å². The van der Waals surface area contributed by atoms with Crippen molar-refractivity contribution < 1.29 is 19.2 Å². The Balaban J connectivity index is 2.12. The van der Waals surface area contributed by atoms with Crippen LogP contribution in [0.25, 0.3) is 0 Å². The fourth-order valence-electron chi connectivity index (χ4n) is 2.35. The lowest BCUT2D eigenvalue weighted by Crippen LogP contribution is -2.34. The number of thiocarbonyl (C=S) groups is 1. The summed E-state index contributed by atoms with van der Waals surface area (Å²) in [6.07, 6.45) is 1.85. The second-order valence-electron chi connectivity index (χ2n) is 5.89. The van der Waals surface area contributed by atoms with Crippen molar-refractivity contribution in [2.75, 3.05) is 19.0 Å². The Hall–Kier alpha value is -2.72. The number of halogens is 1. The summed E-state index contributed by atoms with van der Waals surface area (Å²) in [7, 11) is 1.38. The van der Waals surface area contributed by atoms with Crippen molar-refractivity contribution >= 4 is 50.5 Å². The van der Waals surface area contributed by atoms with Crippen molar-refractivity contribution in [3.8, 4) is 11.5 Å². The molecule has 0 aromatic heterocycles. The highest BCUT2D eigenvalue weighted by atomic mass is 79.9. The number of unbranched alkanes of at least 4 members (excludes halogenated alkanes) is 1. The Morgan fingerprint density at radius 2 is 2.00 bits per heavy atom. The van der Waals surface area contributed by atoms with Gasteiger partial charge in [0.05, 0.1) is 36.0 Å². The number of non-ortho nitro benzene ring substituents is 1. The minimum atomic E-state index is -0.528. The summed E-state index contributed by atoms with van der Waals surface area (Å²) in [5.74, 6) is 0.230. The number of ether oxygens (including phenoxy) is 2. The number of nitrogens with one attached hydrogen (secondary N) is 2. The number of rotatable bonds is 8. The van der Waals surface area contributed by atoms with E-state index in [4.69, 9.17) is 21.7 Å². The van der Waals surface area contributed by atoms with Crippen LogP contribution in [0.15, 0.2) is 40.9 Å². The van der Waals surface area contributed by atoms with E-state index in [1.807, 2.05) is 0 Å². The predicted octanol–water partition coefficient (Wildman–Crippen LogP) is 4.67. The molecule has 2 N–H and O–H groups in total. The molecule has 2 aromatic carbocycles. The maximum atomic E-state index is 12.7. The van der Waals surface area contributed by atoms with Gasteiger partial charge in [-0.3, -0.25) is 20.2 Å². The first-order valence-electron chi connectivity index (χ1n) is 8.72. The molecule has 0 heterocycles. The molecule has 8 nitrogen and oxygen atoms in total. The summed E-state index contributed by atoms with van der Waals surface area (Å²) >= 11 is 8.55. The lowest BCUT2D eigenvalue weighted by Gasteiger charge is -2.14. The molecule has 0 aliphatic heterocycles. The standard InChI is InChI=1S/C19H20BrN3O5S/c1-3-4-9-28-16-8-5-12(20)10-14(16)18(24)22-19(29)21-15-7-6-13(23(25)26)11-17(15)27-2/h5-8,10-11H,3-4,9H2,1-2H3,(H2,21,22,24,29). The van der Waals surface area contributed by atoms with Crippen molar-refractivity contribution in [2.45, 2.75) is 19.8 Å². The zero-order chi connectivity index (χ0) is 21.4. The number of hydrogen-bond donors (Lipinski definition) is 2. The smallest absolute Gasteiger partial charge is 0.273 e. The van der Waals surface area contributed by atoms with Crippen LogP contribution in [-0.2, 0) is 0 Å². The molecule has 0 radical (unpaired) electrons. The summed E-state index contributed by atoms with van der Waals surface area (Å²) in [6, 6.07) is 9.17. The van der Waals surface area contributed by atoms with Crippen LogP contribution < -0.4 is 20.1 Å². The van der Waals surface area contributed by atoms with Gasteiger partial charge >= 0.3 is 0 Å². The predicted molar refractivity (Wildman–Crippen MR) is 118 cm³/mol. The highest BCUT2D eigenvalue weighted by Gasteiger charge is 2.17. The second kappa shape index (κ2) is 10.7. The van der Waals surface area contributed by atoms with Crippen LogP contribution in [0.2, 0.25) is 0 Å². The quantitative estimate of drug-likeness (QED) is 0.244. The van der Waals surface area contributed by atoms with Crippen LogP contribution in [0, 0.1) is 10.1 Å². The van der Waals surface area contributed by atoms with Crippen molar-refractivity contribution in [1.82, 2.24) is 5.32 Å². The fraction of sp³-hybridized carbons (Fsp3) is 0.263. The molecule has 0 bridgehead atoms. The van der Waals surface area contributed by atoms with E-state index < -0.39 is 10.8 Å². The van der Waals surface area contributed by atoms with Crippen molar-refractivity contribution in [2.24, 2.45) is 0 Å². The van der Waals surface area contributed by atoms with Gasteiger partial charge in [-0.25, -0.2) is 0 Å². The number of anilines is 1. The van der Waals surface area contributed by atoms with Gasteiger partial charge in [0.1, 0.15) is 11.5 Å². The third kappa shape index (κ3) is 6.40. The fourth-order valence-corrected chi connectivity index (χ4v) is 2.92. The monoisotopic (exact) mass is 481 g/mol. The van der Waals surface area contributed by atoms with Gasteiger partial charge in [-0.05, 0) is 42.9 Å². The molecule has 2 rings (SSSR count). The molecule has 0 aliphatic carbocycles. The molecule has 154 valence electrons. The van der Waals surface area contributed by atoms with Gasteiger partial charge in [0, 0.05) is 10.5 Å². The highest BCUT2D eigenvalue weighted by Crippen LogP contribution is 2.29. The summed E-state index contributed by atoms with van der Waals surface area (Å²) in [4.78, 5) is 23.1. The molecule has 0 atom stereocenters. The van der Waals surface area contributed by atoms with E-state index >= 15 is 0 Å². The highest BCUT2D eigenvalue weighted by molar-refractivity contribution is 9.10. The molecule has 2 aromatic rings. The molecule has 29 heavy (non-hydrogen) atoms. The van der Waals surface area contributed by atoms with E-state index in [1.54, 1.807) is 18.2 Å². The summed E-state index contributed by atoms with van der Waals surface area (Å²) in [6.45, 7) is 2.55. The summed E-state index contributed by atoms with van der Waals surface area (Å²) < 4.78 is 11.6. The lowest BCUT2D eigenvalue weighted by atomic mass is 10.2. The number of hydrogen-bond acceptors (Lipinski definition) is 6. The molecule has 1 amide bonds. The first kappa shape index (κ1) is 22.6. The van der Waals surface area contributed by atoms with Crippen molar-refractivity contribution in [3.63, 3.8) is 0 Å². The van der Waals surface area contributed by atoms with E-state index in [-0.39, 0.29) is 16.5 Å². The van der Waals surface area contributed by atoms with Crippen LogP contribution in [0.3, 0.4) is 0 Å². The Kier molecular flexibility index (Phi) is 8.34. The first-order chi connectivity index (χ1) is 13.8. The average molecular weight is 482 g/mol. The van der Waals surface area contributed by atoms with Gasteiger partial charge < -0.3 is 14.8 Å². The van der Waals surface area contributed by atoms with Gasteiger partial charge in [-0.1, -0.05) is 29.3 Å². The molecule has 0 saturated heterocycles. The zero-order valence-corrected chi connectivity index (χ0v) is 18.3. The van der Waals surface area contributed by atoms with Crippen molar-refractivity contribution in [1.29, 1.82) is 0 Å². The van der Waals surface area contributed by atoms with E-state index in [2.05, 4.69) is 33.5 Å². The minimum absolute atomic E-state index is 0.0154. The SMILES string of the molecule is CCCCOc1ccc(Br)cc1C(=O)NC(=S)Nc1ccc([N+](=O)[O-])cc1OC. The number of nitro groups is 1. The summed E-state index contributed by atoms with van der Waals surface area (Å²) in [5.41, 5.74) is 0.595. The minimum Gasteiger partial charge on any atom is -0.494 e. The topological polar surface area (TPSA) is 103 Å². The second-order valence-corrected chi connectivity index (χ2v) is 7.22. The molecule has 0 unspecified atom stereocenters. The van der Waals surface area contributed by atoms with E-state index in [0.29, 0.717) is 23.6 Å². The lowest BCUT2D eigenvalue weighted by molar-refractivity contribution is -0.384. The number of methoxy groups -OCH3 is 1. The van der Waals surface area contributed by atoms with Gasteiger partial charge in [0.25, 0.3) is 11.6 Å². The number of benzene rings is 2. The number of amides is 1. The van der Waals surface area contributed by atoms with E-state index in [0.717, 1.165) is 17.3 Å². The zero-order valence-electron chi connectivity index (χ0n) is 15.9. The normalized spacial score (nSPS) is 10.2. The van der Waals surface area contributed by atoms with Crippen LogP contribution in [0.4, 0.5) is 11.4 Å². The molecule has 0 aliphatic rings. The number of nitrogens with zero attached hydrogens (tertiary/aromatic N) is 1. The largest absolute Gasteiger partial charge is 0.494 e. The molecular formula is C19H20BrN3O5S. The Bertz CT molecular complexity index is 923. The van der Waals surface area contributed by atoms with Gasteiger partial charge in [-0.15, -0.1) is 0 Å². The molecule has 10 heteroatoms. The van der Waals surface area contributed by atoms with Gasteiger partial charge in [0.2, 0.25) is 0 Å². The van der Waals surface area contributed by atoms with Crippen LogP contribution in [-0.4, -0.2) is 29.7 Å². The molecular weight excluding hydrogens is 462 g/mol. The van der Waals surface area contributed by atoms with Gasteiger partial charge in [0.15, 0.2) is 5.11 Å². The average Bonchev–Trinajstić information content (AvgIpc) is 2.69. The molecule has 0 saturated carbocycles. The van der Waals surface area contributed by atoms with E-state index in [9.17, 15) is 14.9 Å². The van der Waals surface area contributed by atoms with Gasteiger partial charge in [-0.2, -0.15) is 0 Å². The van der Waals surface area contributed by atoms with Crippen LogP contribution >= 0.6 is 28.1 Å². The maximum Gasteiger partial charge on any atom is 0.273 e. The number of carbonyl (C=O) groups is 1. The third-order valence-corrected chi connectivity index (χ3v) is 4.51. The van der Waals surface area contributed by atoms with Crippen molar-refractivity contribution in [3.05, 3.63) is 56.5 Å². The van der Waals surface area contributed by atoms with Crippen LogP contribution in [0.1, 0.15) is 30.1 Å². The van der Waals surface area contributed by atoms with Crippen LogP contribution in [0.5, 0.6) is 11.5 Å². The first-order valence-corrected chi connectivity index (χ1v) is 9.93. The molecule has 0 fully saturated rings. The Morgan fingerprint density at radius 1 is 1.24 bits per heavy atom. The third-order valence-electron chi connectivity index (χ3n) is 3.81. The number of carbonyl (C=O) groups excluding carboxylic acids is 1. The molecule has 0 spiro atoms. The Labute approximate surface area is 181 Å².